The summed E-state index contributed by atoms with van der Waals surface area (Å²) in [6.45, 7) is 7.16. The van der Waals surface area contributed by atoms with Crippen molar-refractivity contribution < 1.29 is 13.6 Å². The molecule has 0 fully saturated rings. The molecule has 8 heteroatoms. The first-order valence-electron chi connectivity index (χ1n) is 10.4. The van der Waals surface area contributed by atoms with Gasteiger partial charge in [0.05, 0.1) is 4.70 Å². The second kappa shape index (κ2) is 10.2. The number of nitrogens with zero attached hydrogens (tertiary/aromatic N) is 4. The molecule has 0 saturated heterocycles. The fourth-order valence-corrected chi connectivity index (χ4v) is 4.48. The maximum Gasteiger partial charge on any atom is 0.260 e. The van der Waals surface area contributed by atoms with Crippen LogP contribution in [0, 0.1) is 11.6 Å². The number of thiazole rings is 1. The molecule has 3 rings (SSSR count). The molecule has 0 aliphatic rings. The fraction of sp³-hybridized carbons (Fsp3) is 0.391. The standard InChI is InChI=1S/C23H28F2N4OS/c1-5-28(6-2)18-10-8-16(9-11-18)22(30)29(13-7-12-27(3)4)23-26-21-19(25)14-17(24)15-20(21)31-23/h8-11,14-15H,5-7,12-13H2,1-4H3. The van der Waals surface area contributed by atoms with Crippen LogP contribution in [0.25, 0.3) is 10.2 Å². The Morgan fingerprint density at radius 1 is 1.03 bits per heavy atom. The Hall–Kier alpha value is -2.58. The minimum absolute atomic E-state index is 0.0868. The van der Waals surface area contributed by atoms with Gasteiger partial charge in [0.25, 0.3) is 5.91 Å². The second-order valence-electron chi connectivity index (χ2n) is 7.56. The lowest BCUT2D eigenvalue weighted by Crippen LogP contribution is -2.33. The molecule has 1 heterocycles. The summed E-state index contributed by atoms with van der Waals surface area (Å²) in [5.74, 6) is -1.58. The maximum atomic E-state index is 14.2. The lowest BCUT2D eigenvalue weighted by molar-refractivity contribution is 0.0986. The maximum absolute atomic E-state index is 14.2. The normalized spacial score (nSPS) is 11.3. The van der Waals surface area contributed by atoms with E-state index in [-0.39, 0.29) is 11.4 Å². The van der Waals surface area contributed by atoms with Crippen LogP contribution >= 0.6 is 11.3 Å². The van der Waals surface area contributed by atoms with Crippen molar-refractivity contribution in [2.24, 2.45) is 0 Å². The monoisotopic (exact) mass is 446 g/mol. The summed E-state index contributed by atoms with van der Waals surface area (Å²) >= 11 is 1.12. The summed E-state index contributed by atoms with van der Waals surface area (Å²) < 4.78 is 28.2. The molecule has 3 aromatic rings. The number of anilines is 2. The molecule has 2 aromatic carbocycles. The Labute approximate surface area is 185 Å². The van der Waals surface area contributed by atoms with Gasteiger partial charge in [-0.25, -0.2) is 13.8 Å². The second-order valence-corrected chi connectivity index (χ2v) is 8.57. The van der Waals surface area contributed by atoms with Gasteiger partial charge in [-0.15, -0.1) is 0 Å². The Morgan fingerprint density at radius 3 is 2.32 bits per heavy atom. The zero-order valence-corrected chi connectivity index (χ0v) is 19.2. The van der Waals surface area contributed by atoms with Crippen LogP contribution in [0.3, 0.4) is 0 Å². The van der Waals surface area contributed by atoms with E-state index in [1.54, 1.807) is 4.90 Å². The molecule has 166 valence electrons. The van der Waals surface area contributed by atoms with Crippen LogP contribution in [0.2, 0.25) is 0 Å². The molecule has 5 nitrogen and oxygen atoms in total. The number of carbonyl (C=O) groups is 1. The van der Waals surface area contributed by atoms with E-state index < -0.39 is 11.6 Å². The van der Waals surface area contributed by atoms with Crippen molar-refractivity contribution in [3.05, 3.63) is 53.6 Å². The van der Waals surface area contributed by atoms with Gasteiger partial charge in [-0.05, 0) is 71.2 Å². The average molecular weight is 447 g/mol. The van der Waals surface area contributed by atoms with E-state index in [2.05, 4.69) is 23.7 Å². The van der Waals surface area contributed by atoms with Gasteiger partial charge < -0.3 is 9.80 Å². The fourth-order valence-electron chi connectivity index (χ4n) is 3.45. The van der Waals surface area contributed by atoms with Gasteiger partial charge in [0.15, 0.2) is 10.9 Å². The molecular weight excluding hydrogens is 418 g/mol. The van der Waals surface area contributed by atoms with E-state index in [1.165, 1.54) is 6.07 Å². The molecule has 31 heavy (non-hydrogen) atoms. The Morgan fingerprint density at radius 2 is 1.71 bits per heavy atom. The van der Waals surface area contributed by atoms with Gasteiger partial charge in [-0.1, -0.05) is 11.3 Å². The molecule has 0 atom stereocenters. The van der Waals surface area contributed by atoms with Crippen LogP contribution in [0.5, 0.6) is 0 Å². The van der Waals surface area contributed by atoms with E-state index in [0.717, 1.165) is 49.1 Å². The molecule has 0 radical (unpaired) electrons. The van der Waals surface area contributed by atoms with Crippen molar-refractivity contribution in [2.75, 3.05) is 50.1 Å². The van der Waals surface area contributed by atoms with E-state index in [4.69, 9.17) is 0 Å². The van der Waals surface area contributed by atoms with Crippen molar-refractivity contribution in [1.29, 1.82) is 0 Å². The van der Waals surface area contributed by atoms with Crippen molar-refractivity contribution in [1.82, 2.24) is 9.88 Å². The first kappa shape index (κ1) is 23.1. The predicted molar refractivity (Wildman–Crippen MR) is 124 cm³/mol. The number of fused-ring (bicyclic) bond motifs is 1. The Kier molecular flexibility index (Phi) is 7.56. The number of carbonyl (C=O) groups excluding carboxylic acids is 1. The summed E-state index contributed by atoms with van der Waals surface area (Å²) in [4.78, 5) is 23.5. The number of amides is 1. The van der Waals surface area contributed by atoms with Gasteiger partial charge in [-0.3, -0.25) is 9.69 Å². The van der Waals surface area contributed by atoms with Crippen molar-refractivity contribution in [2.45, 2.75) is 20.3 Å². The van der Waals surface area contributed by atoms with Gasteiger partial charge in [0, 0.05) is 37.0 Å². The summed E-state index contributed by atoms with van der Waals surface area (Å²) in [6, 6.07) is 9.55. The lowest BCUT2D eigenvalue weighted by Gasteiger charge is -2.23. The molecule has 0 spiro atoms. The molecule has 1 aromatic heterocycles. The van der Waals surface area contributed by atoms with Crippen LogP contribution in [-0.2, 0) is 0 Å². The van der Waals surface area contributed by atoms with Gasteiger partial charge >= 0.3 is 0 Å². The first-order valence-corrected chi connectivity index (χ1v) is 11.2. The minimum atomic E-state index is -0.721. The molecule has 0 bridgehead atoms. The highest BCUT2D eigenvalue weighted by Crippen LogP contribution is 2.32. The largest absolute Gasteiger partial charge is 0.372 e. The average Bonchev–Trinajstić information content (AvgIpc) is 3.16. The summed E-state index contributed by atoms with van der Waals surface area (Å²) in [5.41, 5.74) is 1.67. The molecule has 1 amide bonds. The van der Waals surface area contributed by atoms with Crippen molar-refractivity contribution in [3.8, 4) is 0 Å². The highest BCUT2D eigenvalue weighted by molar-refractivity contribution is 7.22. The highest BCUT2D eigenvalue weighted by atomic mass is 32.1. The third kappa shape index (κ3) is 5.37. The summed E-state index contributed by atoms with van der Waals surface area (Å²) in [6.07, 6.45) is 0.725. The number of hydrogen-bond acceptors (Lipinski definition) is 5. The number of rotatable bonds is 9. The van der Waals surface area contributed by atoms with Gasteiger partial charge in [0.1, 0.15) is 11.3 Å². The third-order valence-electron chi connectivity index (χ3n) is 5.11. The first-order chi connectivity index (χ1) is 14.8. The van der Waals surface area contributed by atoms with Crippen molar-refractivity contribution >= 4 is 38.3 Å². The topological polar surface area (TPSA) is 39.7 Å². The van der Waals surface area contributed by atoms with Crippen LogP contribution in [-0.4, -0.2) is 56.1 Å². The van der Waals surface area contributed by atoms with E-state index in [0.29, 0.717) is 21.9 Å². The molecule has 0 unspecified atom stereocenters. The molecule has 0 saturated carbocycles. The molecule has 0 aliphatic heterocycles. The van der Waals surface area contributed by atoms with Crippen LogP contribution in [0.1, 0.15) is 30.6 Å². The zero-order chi connectivity index (χ0) is 22.5. The summed E-state index contributed by atoms with van der Waals surface area (Å²) in [5, 5.41) is 0.371. The van der Waals surface area contributed by atoms with Crippen LogP contribution < -0.4 is 9.80 Å². The molecule has 0 aliphatic carbocycles. The highest BCUT2D eigenvalue weighted by Gasteiger charge is 2.22. The number of hydrogen-bond donors (Lipinski definition) is 0. The Balaban J connectivity index is 1.93. The third-order valence-corrected chi connectivity index (χ3v) is 6.13. The SMILES string of the molecule is CCN(CC)c1ccc(C(=O)N(CCCN(C)C)c2nc3c(F)cc(F)cc3s2)cc1. The Bertz CT molecular complexity index is 1030. The quantitative estimate of drug-likeness (QED) is 0.463. The zero-order valence-electron chi connectivity index (χ0n) is 18.4. The number of aromatic nitrogens is 1. The number of benzene rings is 2. The lowest BCUT2D eigenvalue weighted by atomic mass is 10.1. The molecule has 0 N–H and O–H groups in total. The van der Waals surface area contributed by atoms with Crippen molar-refractivity contribution in [3.63, 3.8) is 0 Å². The predicted octanol–water partition coefficient (Wildman–Crippen LogP) is 5.02. The van der Waals surface area contributed by atoms with Gasteiger partial charge in [-0.2, -0.15) is 0 Å². The van der Waals surface area contributed by atoms with Crippen LogP contribution in [0.4, 0.5) is 19.6 Å². The smallest absolute Gasteiger partial charge is 0.260 e. The number of halogens is 2. The molecular formula is C23H28F2N4OS. The summed E-state index contributed by atoms with van der Waals surface area (Å²) in [7, 11) is 3.93. The van der Waals surface area contributed by atoms with E-state index >= 15 is 0 Å². The van der Waals surface area contributed by atoms with E-state index in [1.807, 2.05) is 43.3 Å². The van der Waals surface area contributed by atoms with Crippen LogP contribution in [0.15, 0.2) is 36.4 Å². The van der Waals surface area contributed by atoms with Gasteiger partial charge in [0.2, 0.25) is 0 Å². The minimum Gasteiger partial charge on any atom is -0.372 e. The van der Waals surface area contributed by atoms with E-state index in [9.17, 15) is 13.6 Å².